The molecule has 1 atom stereocenters. The minimum atomic E-state index is -0.0496. The summed E-state index contributed by atoms with van der Waals surface area (Å²) in [5, 5.41) is 4.94. The van der Waals surface area contributed by atoms with E-state index in [0.29, 0.717) is 46.7 Å². The lowest BCUT2D eigenvalue weighted by molar-refractivity contribution is -0.121. The Morgan fingerprint density at radius 1 is 1.09 bits per heavy atom. The van der Waals surface area contributed by atoms with Gasteiger partial charge in [0.15, 0.2) is 0 Å². The number of aryl methyl sites for hydroxylation is 1. The molecule has 1 N–H and O–H groups in total. The molecule has 7 heteroatoms. The number of halogens is 2. The van der Waals surface area contributed by atoms with Gasteiger partial charge in [0.05, 0.1) is 16.6 Å². The van der Waals surface area contributed by atoms with Gasteiger partial charge in [0, 0.05) is 36.3 Å². The number of fused-ring (bicyclic) bond motifs is 1. The van der Waals surface area contributed by atoms with Gasteiger partial charge in [0.1, 0.15) is 11.6 Å². The second-order valence-electron chi connectivity index (χ2n) is 8.39. The molecule has 0 aliphatic heterocycles. The van der Waals surface area contributed by atoms with E-state index in [4.69, 9.17) is 28.2 Å². The second kappa shape index (κ2) is 11.0. The van der Waals surface area contributed by atoms with Crippen LogP contribution < -0.4 is 10.2 Å². The summed E-state index contributed by atoms with van der Waals surface area (Å²) in [6, 6.07) is 13.5. The maximum atomic E-state index is 12.7. The molecular weight excluding hydrogens is 443 g/mol. The zero-order valence-electron chi connectivity index (χ0n) is 19.0. The Morgan fingerprint density at radius 2 is 1.81 bits per heavy atom. The number of carbonyl (C=O) groups is 1. The fraction of sp³-hybridized carbons (Fsp3) is 0.400. The van der Waals surface area contributed by atoms with E-state index in [-0.39, 0.29) is 11.9 Å². The summed E-state index contributed by atoms with van der Waals surface area (Å²) in [4.78, 5) is 24.3. The Morgan fingerprint density at radius 3 is 2.47 bits per heavy atom. The van der Waals surface area contributed by atoms with Crippen LogP contribution in [0.2, 0.25) is 10.0 Å². The van der Waals surface area contributed by atoms with Crippen molar-refractivity contribution in [1.82, 2.24) is 15.3 Å². The van der Waals surface area contributed by atoms with E-state index in [2.05, 4.69) is 29.0 Å². The predicted octanol–water partition coefficient (Wildman–Crippen LogP) is 6.23. The Balaban J connectivity index is 1.85. The third kappa shape index (κ3) is 6.11. The average molecular weight is 473 g/mol. The lowest BCUT2D eigenvalue weighted by atomic mass is 10.1. The van der Waals surface area contributed by atoms with E-state index >= 15 is 0 Å². The van der Waals surface area contributed by atoms with Crippen LogP contribution in [0.25, 0.3) is 10.9 Å². The van der Waals surface area contributed by atoms with Gasteiger partial charge in [-0.15, -0.1) is 0 Å². The van der Waals surface area contributed by atoms with Crippen molar-refractivity contribution in [3.8, 4) is 0 Å². The normalized spacial score (nSPS) is 12.2. The molecule has 0 unspecified atom stereocenters. The van der Waals surface area contributed by atoms with Gasteiger partial charge in [-0.3, -0.25) is 4.79 Å². The number of rotatable bonds is 9. The van der Waals surface area contributed by atoms with Crippen molar-refractivity contribution in [3.63, 3.8) is 0 Å². The van der Waals surface area contributed by atoms with E-state index in [1.54, 1.807) is 6.07 Å². The zero-order valence-corrected chi connectivity index (χ0v) is 20.5. The summed E-state index contributed by atoms with van der Waals surface area (Å²) < 4.78 is 0. The molecule has 0 aliphatic carbocycles. The van der Waals surface area contributed by atoms with E-state index < -0.39 is 0 Å². The van der Waals surface area contributed by atoms with Gasteiger partial charge < -0.3 is 10.2 Å². The number of hydrogen-bond acceptors (Lipinski definition) is 4. The number of benzene rings is 2. The molecule has 1 amide bonds. The van der Waals surface area contributed by atoms with Crippen molar-refractivity contribution in [2.75, 3.05) is 18.0 Å². The van der Waals surface area contributed by atoms with Gasteiger partial charge in [0.2, 0.25) is 5.91 Å². The van der Waals surface area contributed by atoms with Crippen molar-refractivity contribution in [2.24, 2.45) is 5.92 Å². The molecule has 0 saturated carbocycles. The van der Waals surface area contributed by atoms with Crippen molar-refractivity contribution >= 4 is 45.8 Å². The largest absolute Gasteiger partial charge is 0.355 e. The van der Waals surface area contributed by atoms with Crippen LogP contribution in [0, 0.1) is 5.92 Å². The highest BCUT2D eigenvalue weighted by atomic mass is 35.5. The molecule has 32 heavy (non-hydrogen) atoms. The van der Waals surface area contributed by atoms with E-state index in [1.807, 2.05) is 50.2 Å². The first-order valence-electron chi connectivity index (χ1n) is 11.0. The molecule has 0 spiro atoms. The Kier molecular flexibility index (Phi) is 8.32. The molecular formula is C25H30Cl2N4O. The van der Waals surface area contributed by atoms with Crippen LogP contribution in [0.15, 0.2) is 42.5 Å². The SMILES string of the molecule is CCc1nc(N(CCC(=O)N[C@H](C)c2ccccc2)CC(C)C)c2cc(Cl)cc(Cl)c2n1. The molecule has 1 aromatic heterocycles. The smallest absolute Gasteiger partial charge is 0.222 e. The quantitative estimate of drug-likeness (QED) is 0.400. The average Bonchev–Trinajstić information content (AvgIpc) is 2.76. The Hall–Kier alpha value is -2.37. The van der Waals surface area contributed by atoms with Crippen LogP contribution >= 0.6 is 23.2 Å². The number of carbonyl (C=O) groups excluding carboxylic acids is 1. The van der Waals surface area contributed by atoms with E-state index in [9.17, 15) is 4.79 Å². The molecule has 3 rings (SSSR count). The zero-order chi connectivity index (χ0) is 23.3. The number of hydrogen-bond donors (Lipinski definition) is 1. The van der Waals surface area contributed by atoms with Crippen LogP contribution in [0.1, 0.15) is 51.5 Å². The van der Waals surface area contributed by atoms with E-state index in [0.717, 1.165) is 23.3 Å². The molecule has 0 radical (unpaired) electrons. The number of nitrogens with one attached hydrogen (secondary N) is 1. The number of aromatic nitrogens is 2. The summed E-state index contributed by atoms with van der Waals surface area (Å²) in [5.41, 5.74) is 1.77. The van der Waals surface area contributed by atoms with Gasteiger partial charge in [0.25, 0.3) is 0 Å². The monoisotopic (exact) mass is 472 g/mol. The van der Waals surface area contributed by atoms with Crippen molar-refractivity contribution in [2.45, 2.75) is 46.6 Å². The lowest BCUT2D eigenvalue weighted by Gasteiger charge is -2.27. The molecule has 0 aliphatic rings. The highest BCUT2D eigenvalue weighted by Gasteiger charge is 2.19. The fourth-order valence-electron chi connectivity index (χ4n) is 3.69. The molecule has 0 saturated heterocycles. The Labute approximate surface area is 200 Å². The molecule has 5 nitrogen and oxygen atoms in total. The number of nitrogens with zero attached hydrogens (tertiary/aromatic N) is 3. The first-order valence-corrected chi connectivity index (χ1v) is 11.8. The second-order valence-corrected chi connectivity index (χ2v) is 9.23. The maximum absolute atomic E-state index is 12.7. The number of amides is 1. The summed E-state index contributed by atoms with van der Waals surface area (Å²) in [6.07, 6.45) is 1.04. The first-order chi connectivity index (χ1) is 15.3. The summed E-state index contributed by atoms with van der Waals surface area (Å²) >= 11 is 12.8. The van der Waals surface area contributed by atoms with Crippen LogP contribution in [0.3, 0.4) is 0 Å². The van der Waals surface area contributed by atoms with Crippen LogP contribution in [0.4, 0.5) is 5.82 Å². The van der Waals surface area contributed by atoms with Gasteiger partial charge >= 0.3 is 0 Å². The summed E-state index contributed by atoms with van der Waals surface area (Å²) in [7, 11) is 0. The van der Waals surface area contributed by atoms with Crippen molar-refractivity contribution in [3.05, 3.63) is 63.9 Å². The minimum absolute atomic E-state index is 0.000232. The first kappa shape index (κ1) is 24.3. The van der Waals surface area contributed by atoms with E-state index in [1.165, 1.54) is 0 Å². The maximum Gasteiger partial charge on any atom is 0.222 e. The van der Waals surface area contributed by atoms with Crippen molar-refractivity contribution < 1.29 is 4.79 Å². The molecule has 170 valence electrons. The fourth-order valence-corrected chi connectivity index (χ4v) is 4.22. The van der Waals surface area contributed by atoms with Gasteiger partial charge in [-0.1, -0.05) is 74.3 Å². The highest BCUT2D eigenvalue weighted by Crippen LogP contribution is 2.32. The topological polar surface area (TPSA) is 58.1 Å². The standard InChI is InChI=1S/C25H30Cl2N4O/c1-5-22-29-24-20(13-19(26)14-21(24)27)25(30-22)31(15-16(2)3)12-11-23(32)28-17(4)18-9-7-6-8-10-18/h6-10,13-14,16-17H,5,11-12,15H2,1-4H3,(H,28,32)/t17-/m1/s1. The molecule has 0 bridgehead atoms. The summed E-state index contributed by atoms with van der Waals surface area (Å²) in [5.74, 6) is 1.87. The third-order valence-corrected chi connectivity index (χ3v) is 5.74. The molecule has 0 fully saturated rings. The third-order valence-electron chi connectivity index (χ3n) is 5.23. The Bertz CT molecular complexity index is 1070. The number of anilines is 1. The molecule has 3 aromatic rings. The van der Waals surface area contributed by atoms with Gasteiger partial charge in [-0.25, -0.2) is 9.97 Å². The van der Waals surface area contributed by atoms with Gasteiger partial charge in [-0.05, 0) is 30.5 Å². The summed E-state index contributed by atoms with van der Waals surface area (Å²) in [6.45, 7) is 9.59. The molecule has 2 aromatic carbocycles. The molecule has 1 heterocycles. The lowest BCUT2D eigenvalue weighted by Crippen LogP contribution is -2.35. The van der Waals surface area contributed by atoms with Gasteiger partial charge in [-0.2, -0.15) is 0 Å². The van der Waals surface area contributed by atoms with Crippen molar-refractivity contribution in [1.29, 1.82) is 0 Å². The van der Waals surface area contributed by atoms with Crippen LogP contribution in [0.5, 0.6) is 0 Å². The highest BCUT2D eigenvalue weighted by molar-refractivity contribution is 6.38. The minimum Gasteiger partial charge on any atom is -0.355 e. The van der Waals surface area contributed by atoms with Crippen LogP contribution in [-0.4, -0.2) is 29.0 Å². The van der Waals surface area contributed by atoms with Crippen LogP contribution in [-0.2, 0) is 11.2 Å². The predicted molar refractivity (Wildman–Crippen MR) is 134 cm³/mol.